The molecule has 1 aromatic rings. The number of benzene rings is 1. The maximum atomic E-state index is 11.3. The highest BCUT2D eigenvalue weighted by Gasteiger charge is 2.43. The Morgan fingerprint density at radius 1 is 1.04 bits per heavy atom. The average molecular weight is 350 g/mol. The molecule has 1 aliphatic carbocycles. The summed E-state index contributed by atoms with van der Waals surface area (Å²) in [6.07, 6.45) is 2.14. The van der Waals surface area contributed by atoms with Crippen LogP contribution in [-0.2, 0) is 36.1 Å². The van der Waals surface area contributed by atoms with Crippen LogP contribution in [0.25, 0.3) is 0 Å². The van der Waals surface area contributed by atoms with Gasteiger partial charge < -0.3 is 14.6 Å². The Balaban J connectivity index is 1.91. The molecule has 1 fully saturated rings. The highest BCUT2D eigenvalue weighted by Crippen LogP contribution is 2.47. The van der Waals surface area contributed by atoms with Crippen LogP contribution in [-0.4, -0.2) is 31.5 Å². The first kappa shape index (κ1) is 18.8. The zero-order valence-corrected chi connectivity index (χ0v) is 15.8. The molecule has 0 spiro atoms. The fraction of sp³-hybridized carbons (Fsp3) is 0.700. The van der Waals surface area contributed by atoms with Crippen LogP contribution in [0, 0.1) is 0 Å². The van der Waals surface area contributed by atoms with Crippen LogP contribution in [0.3, 0.4) is 0 Å². The zero-order chi connectivity index (χ0) is 18.1. The molecular weight excluding hydrogens is 320 g/mol. The van der Waals surface area contributed by atoms with E-state index in [2.05, 4.69) is 19.9 Å². The van der Waals surface area contributed by atoms with Crippen molar-refractivity contribution < 1.29 is 24.4 Å². The van der Waals surface area contributed by atoms with Crippen LogP contribution in [0.5, 0.6) is 0 Å². The predicted octanol–water partition coefficient (Wildman–Crippen LogP) is 3.52. The summed E-state index contributed by atoms with van der Waals surface area (Å²) in [6.45, 7) is 10.4. The Hall–Kier alpha value is -0.980. The highest BCUT2D eigenvalue weighted by molar-refractivity contribution is 5.44. The first-order valence-electron chi connectivity index (χ1n) is 9.21. The van der Waals surface area contributed by atoms with Crippen LogP contribution >= 0.6 is 0 Å². The Bertz CT molecular complexity index is 606. The quantitative estimate of drug-likeness (QED) is 0.483. The van der Waals surface area contributed by atoms with Crippen LogP contribution < -0.4 is 0 Å². The third-order valence-corrected chi connectivity index (χ3v) is 5.58. The van der Waals surface area contributed by atoms with Crippen molar-refractivity contribution in [3.63, 3.8) is 0 Å². The summed E-state index contributed by atoms with van der Waals surface area (Å²) in [4.78, 5) is 10.1. The number of hydrogen-bond acceptors (Lipinski definition) is 5. The smallest absolute Gasteiger partial charge is 0.192 e. The lowest BCUT2D eigenvalue weighted by atomic mass is 9.65. The molecule has 0 radical (unpaired) electrons. The second kappa shape index (κ2) is 6.97. The molecule has 1 unspecified atom stereocenters. The third kappa shape index (κ3) is 3.62. The van der Waals surface area contributed by atoms with Gasteiger partial charge in [-0.15, -0.1) is 0 Å². The second-order valence-corrected chi connectivity index (χ2v) is 7.80. The Morgan fingerprint density at radius 2 is 1.76 bits per heavy atom. The molecule has 5 heteroatoms. The minimum absolute atomic E-state index is 0.00663. The number of fused-ring (bicyclic) bond motifs is 1. The molecular formula is C20H30O5. The minimum Gasteiger partial charge on any atom is -0.385 e. The Kier molecular flexibility index (Phi) is 5.24. The molecule has 1 aromatic carbocycles. The summed E-state index contributed by atoms with van der Waals surface area (Å²) in [6, 6.07) is 6.19. The van der Waals surface area contributed by atoms with Gasteiger partial charge in [0.05, 0.1) is 32.0 Å². The lowest BCUT2D eigenvalue weighted by Crippen LogP contribution is -2.39. The van der Waals surface area contributed by atoms with Crippen molar-refractivity contribution in [1.29, 1.82) is 0 Å². The van der Waals surface area contributed by atoms with Gasteiger partial charge in [-0.3, -0.25) is 0 Å². The van der Waals surface area contributed by atoms with Crippen molar-refractivity contribution in [3.05, 3.63) is 34.9 Å². The van der Waals surface area contributed by atoms with Gasteiger partial charge in [-0.25, -0.2) is 9.78 Å². The van der Waals surface area contributed by atoms with Gasteiger partial charge in [0.2, 0.25) is 0 Å². The van der Waals surface area contributed by atoms with E-state index in [1.165, 1.54) is 0 Å². The van der Waals surface area contributed by atoms with Crippen molar-refractivity contribution in [1.82, 2.24) is 0 Å². The van der Waals surface area contributed by atoms with Gasteiger partial charge in [-0.05, 0) is 49.3 Å². The van der Waals surface area contributed by atoms with Crippen LogP contribution in [0.1, 0.15) is 63.6 Å². The molecule has 1 aliphatic heterocycles. The molecule has 1 N–H and O–H groups in total. The third-order valence-electron chi connectivity index (χ3n) is 5.58. The highest BCUT2D eigenvalue weighted by atomic mass is 17.2. The first-order chi connectivity index (χ1) is 11.8. The molecule has 140 valence electrons. The molecule has 1 atom stereocenters. The Labute approximate surface area is 150 Å². The fourth-order valence-electron chi connectivity index (χ4n) is 3.87. The first-order valence-corrected chi connectivity index (χ1v) is 9.21. The average Bonchev–Trinajstić information content (AvgIpc) is 3.04. The van der Waals surface area contributed by atoms with Crippen molar-refractivity contribution in [2.24, 2.45) is 0 Å². The zero-order valence-electron chi connectivity index (χ0n) is 15.8. The molecule has 1 heterocycles. The molecule has 0 bridgehead atoms. The van der Waals surface area contributed by atoms with Crippen LogP contribution in [0.4, 0.5) is 0 Å². The van der Waals surface area contributed by atoms with E-state index in [1.807, 2.05) is 26.0 Å². The van der Waals surface area contributed by atoms with E-state index in [-0.39, 0.29) is 5.41 Å². The monoisotopic (exact) mass is 350 g/mol. The van der Waals surface area contributed by atoms with E-state index in [1.54, 1.807) is 0 Å². The van der Waals surface area contributed by atoms with E-state index < -0.39 is 11.4 Å². The van der Waals surface area contributed by atoms with Gasteiger partial charge in [-0.2, -0.15) is 0 Å². The summed E-state index contributed by atoms with van der Waals surface area (Å²) < 4.78 is 11.6. The van der Waals surface area contributed by atoms with Gasteiger partial charge in [0, 0.05) is 12.0 Å². The number of rotatable bonds is 6. The molecule has 0 amide bonds. The second-order valence-electron chi connectivity index (χ2n) is 7.80. The van der Waals surface area contributed by atoms with E-state index in [0.717, 1.165) is 23.1 Å². The summed E-state index contributed by atoms with van der Waals surface area (Å²) >= 11 is 0. The van der Waals surface area contributed by atoms with E-state index in [9.17, 15) is 5.11 Å². The SMILES string of the molecule is CCOOCCC1(O)CCC(C)(C)c2cc(C3(C)OCCO3)ccc21. The lowest BCUT2D eigenvalue weighted by Gasteiger charge is -2.43. The van der Waals surface area contributed by atoms with Gasteiger partial charge in [0.1, 0.15) is 0 Å². The van der Waals surface area contributed by atoms with Crippen molar-refractivity contribution in [2.45, 2.75) is 63.8 Å². The van der Waals surface area contributed by atoms with Crippen molar-refractivity contribution >= 4 is 0 Å². The van der Waals surface area contributed by atoms with Gasteiger partial charge in [0.15, 0.2) is 5.79 Å². The molecule has 0 aromatic heterocycles. The molecule has 3 rings (SSSR count). The fourth-order valence-corrected chi connectivity index (χ4v) is 3.87. The largest absolute Gasteiger partial charge is 0.385 e. The molecule has 1 saturated heterocycles. The summed E-state index contributed by atoms with van der Waals surface area (Å²) in [5.41, 5.74) is 2.25. The topological polar surface area (TPSA) is 57.2 Å². The summed E-state index contributed by atoms with van der Waals surface area (Å²) in [5, 5.41) is 11.3. The number of ether oxygens (including phenoxy) is 2. The maximum absolute atomic E-state index is 11.3. The molecule has 0 saturated carbocycles. The lowest BCUT2D eigenvalue weighted by molar-refractivity contribution is -0.296. The van der Waals surface area contributed by atoms with E-state index in [0.29, 0.717) is 39.3 Å². The summed E-state index contributed by atoms with van der Waals surface area (Å²) in [7, 11) is 0. The molecule has 5 nitrogen and oxygen atoms in total. The number of hydrogen-bond donors (Lipinski definition) is 1. The van der Waals surface area contributed by atoms with Gasteiger partial charge >= 0.3 is 0 Å². The van der Waals surface area contributed by atoms with E-state index in [4.69, 9.17) is 19.2 Å². The Morgan fingerprint density at radius 3 is 2.44 bits per heavy atom. The summed E-state index contributed by atoms with van der Waals surface area (Å²) in [5.74, 6) is -0.696. The van der Waals surface area contributed by atoms with Crippen molar-refractivity contribution in [2.75, 3.05) is 26.4 Å². The van der Waals surface area contributed by atoms with Gasteiger partial charge in [-0.1, -0.05) is 26.0 Å². The predicted molar refractivity (Wildman–Crippen MR) is 94.0 cm³/mol. The minimum atomic E-state index is -0.890. The van der Waals surface area contributed by atoms with Crippen LogP contribution in [0.15, 0.2) is 18.2 Å². The number of aliphatic hydroxyl groups is 1. The standard InChI is InChI=1S/C20H30O5/c1-5-24-25-11-10-20(21)9-8-18(2,3)17-14-15(6-7-16(17)20)19(4)22-12-13-23-19/h6-7,14,21H,5,8-13H2,1-4H3. The normalized spacial score (nSPS) is 27.2. The van der Waals surface area contributed by atoms with Crippen LogP contribution in [0.2, 0.25) is 0 Å². The van der Waals surface area contributed by atoms with Crippen molar-refractivity contribution in [3.8, 4) is 0 Å². The maximum Gasteiger partial charge on any atom is 0.192 e. The molecule has 25 heavy (non-hydrogen) atoms. The van der Waals surface area contributed by atoms with E-state index >= 15 is 0 Å². The van der Waals surface area contributed by atoms with Gasteiger partial charge in [0.25, 0.3) is 0 Å². The molecule has 2 aliphatic rings.